The van der Waals surface area contributed by atoms with Gasteiger partial charge in [0.1, 0.15) is 11.2 Å². The van der Waals surface area contributed by atoms with Crippen molar-refractivity contribution in [2.45, 2.75) is 0 Å². The fourth-order valence-electron chi connectivity index (χ4n) is 9.11. The monoisotopic (exact) mass is 795 g/mol. The molecule has 2 nitrogen and oxygen atoms in total. The lowest BCUT2D eigenvalue weighted by molar-refractivity contribution is 0.669. The maximum absolute atomic E-state index is 6.32. The van der Waals surface area contributed by atoms with Crippen molar-refractivity contribution in [1.29, 1.82) is 0 Å². The maximum atomic E-state index is 6.32. The Morgan fingerprint density at radius 3 is 1.69 bits per heavy atom. The molecule has 286 valence electrons. The Hall–Kier alpha value is -7.72. The molecule has 0 fully saturated rings. The number of nitrogens with zero attached hydrogens (tertiary/aromatic N) is 1. The van der Waals surface area contributed by atoms with E-state index in [0.717, 1.165) is 55.7 Å². The summed E-state index contributed by atoms with van der Waals surface area (Å²) in [5.41, 5.74) is 14.5. The molecule has 0 bridgehead atoms. The molecular formula is C58H37NOS. The fraction of sp³-hybridized carbons (Fsp3) is 0. The summed E-state index contributed by atoms with van der Waals surface area (Å²) in [6.45, 7) is 0. The molecule has 0 saturated carbocycles. The van der Waals surface area contributed by atoms with E-state index in [1.54, 1.807) is 0 Å². The van der Waals surface area contributed by atoms with Crippen molar-refractivity contribution in [2.75, 3.05) is 4.90 Å². The molecule has 0 spiro atoms. The van der Waals surface area contributed by atoms with E-state index in [1.807, 2.05) is 23.5 Å². The Balaban J connectivity index is 0.968. The first-order chi connectivity index (χ1) is 30.2. The van der Waals surface area contributed by atoms with Gasteiger partial charge >= 0.3 is 0 Å². The Bertz CT molecular complexity index is 3610. The number of hydrogen-bond donors (Lipinski definition) is 0. The highest BCUT2D eigenvalue weighted by atomic mass is 32.1. The molecule has 0 aliphatic rings. The molecule has 0 N–H and O–H groups in total. The summed E-state index contributed by atoms with van der Waals surface area (Å²) >= 11 is 1.88. The Labute approximate surface area is 357 Å². The number of thiophene rings is 1. The summed E-state index contributed by atoms with van der Waals surface area (Å²) < 4.78 is 8.97. The van der Waals surface area contributed by atoms with Gasteiger partial charge in [-0.2, -0.15) is 0 Å². The van der Waals surface area contributed by atoms with Crippen LogP contribution in [0.2, 0.25) is 0 Å². The molecule has 3 heteroatoms. The highest BCUT2D eigenvalue weighted by Crippen LogP contribution is 2.43. The Morgan fingerprint density at radius 1 is 0.311 bits per heavy atom. The van der Waals surface area contributed by atoms with Crippen molar-refractivity contribution in [3.63, 3.8) is 0 Å². The van der Waals surface area contributed by atoms with E-state index >= 15 is 0 Å². The van der Waals surface area contributed by atoms with Gasteiger partial charge in [-0.05, 0) is 122 Å². The number of hydrogen-bond acceptors (Lipinski definition) is 3. The van der Waals surface area contributed by atoms with E-state index in [4.69, 9.17) is 4.42 Å². The third-order valence-corrected chi connectivity index (χ3v) is 13.3. The molecule has 0 saturated heterocycles. The van der Waals surface area contributed by atoms with Gasteiger partial charge in [0.15, 0.2) is 0 Å². The van der Waals surface area contributed by atoms with E-state index in [2.05, 4.69) is 217 Å². The number of benzene rings is 10. The van der Waals surface area contributed by atoms with E-state index in [1.165, 1.54) is 58.8 Å². The average Bonchev–Trinajstić information content (AvgIpc) is 3.90. The second-order valence-corrected chi connectivity index (χ2v) is 16.7. The zero-order valence-corrected chi connectivity index (χ0v) is 33.9. The van der Waals surface area contributed by atoms with Crippen LogP contribution >= 0.6 is 11.3 Å². The van der Waals surface area contributed by atoms with Crippen LogP contribution in [0.4, 0.5) is 17.1 Å². The summed E-state index contributed by atoms with van der Waals surface area (Å²) in [5, 5.41) is 7.39. The molecule has 0 radical (unpaired) electrons. The first kappa shape index (κ1) is 35.2. The average molecular weight is 796 g/mol. The minimum absolute atomic E-state index is 0.892. The van der Waals surface area contributed by atoms with E-state index < -0.39 is 0 Å². The summed E-state index contributed by atoms with van der Waals surface area (Å²) in [6.07, 6.45) is 0. The van der Waals surface area contributed by atoms with E-state index in [0.29, 0.717) is 0 Å². The van der Waals surface area contributed by atoms with Crippen LogP contribution in [0, 0.1) is 0 Å². The van der Waals surface area contributed by atoms with Crippen molar-refractivity contribution < 1.29 is 4.42 Å². The number of para-hydroxylation sites is 1. The van der Waals surface area contributed by atoms with Gasteiger partial charge in [0.25, 0.3) is 0 Å². The second-order valence-electron chi connectivity index (χ2n) is 15.7. The second kappa shape index (κ2) is 14.5. The summed E-state index contributed by atoms with van der Waals surface area (Å²) in [7, 11) is 0. The topological polar surface area (TPSA) is 16.4 Å². The molecule has 0 amide bonds. The third-order valence-electron chi connectivity index (χ3n) is 12.1. The molecule has 0 aliphatic heterocycles. The quantitative estimate of drug-likeness (QED) is 0.160. The van der Waals surface area contributed by atoms with Gasteiger partial charge in [-0.1, -0.05) is 158 Å². The van der Waals surface area contributed by atoms with Gasteiger partial charge in [0.2, 0.25) is 0 Å². The van der Waals surface area contributed by atoms with E-state index in [-0.39, 0.29) is 0 Å². The van der Waals surface area contributed by atoms with Gasteiger partial charge in [0.05, 0.1) is 0 Å². The van der Waals surface area contributed by atoms with Gasteiger partial charge in [-0.15, -0.1) is 11.3 Å². The molecule has 2 heterocycles. The Morgan fingerprint density at radius 2 is 0.869 bits per heavy atom. The lowest BCUT2D eigenvalue weighted by atomic mass is 9.97. The number of rotatable bonds is 7. The Kier molecular flexibility index (Phi) is 8.39. The molecule has 12 aromatic rings. The van der Waals surface area contributed by atoms with Crippen LogP contribution in [0.3, 0.4) is 0 Å². The number of anilines is 3. The predicted octanol–water partition coefficient (Wildman–Crippen LogP) is 17.2. The van der Waals surface area contributed by atoms with Gasteiger partial charge in [-0.25, -0.2) is 0 Å². The number of fused-ring (bicyclic) bond motifs is 7. The molecular weight excluding hydrogens is 759 g/mol. The van der Waals surface area contributed by atoms with Crippen LogP contribution in [-0.4, -0.2) is 0 Å². The van der Waals surface area contributed by atoms with Crippen molar-refractivity contribution in [1.82, 2.24) is 0 Å². The molecule has 0 aliphatic carbocycles. The molecule has 0 atom stereocenters. The van der Waals surface area contributed by atoms with Crippen molar-refractivity contribution in [2.24, 2.45) is 0 Å². The first-order valence-corrected chi connectivity index (χ1v) is 21.5. The number of furan rings is 1. The normalized spacial score (nSPS) is 11.6. The smallest absolute Gasteiger partial charge is 0.136 e. The molecule has 10 aromatic carbocycles. The van der Waals surface area contributed by atoms with Crippen molar-refractivity contribution >= 4 is 81.3 Å². The molecule has 12 rings (SSSR count). The molecule has 0 unspecified atom stereocenters. The predicted molar refractivity (Wildman–Crippen MR) is 261 cm³/mol. The zero-order valence-electron chi connectivity index (χ0n) is 33.1. The summed E-state index contributed by atoms with van der Waals surface area (Å²) in [6, 6.07) is 81.2. The largest absolute Gasteiger partial charge is 0.456 e. The van der Waals surface area contributed by atoms with Crippen LogP contribution in [0.1, 0.15) is 0 Å². The first-order valence-electron chi connectivity index (χ1n) is 20.7. The van der Waals surface area contributed by atoms with E-state index in [9.17, 15) is 0 Å². The fourth-order valence-corrected chi connectivity index (χ4v) is 10.3. The minimum atomic E-state index is 0.892. The van der Waals surface area contributed by atoms with Crippen LogP contribution in [-0.2, 0) is 0 Å². The highest BCUT2D eigenvalue weighted by Gasteiger charge is 2.17. The summed E-state index contributed by atoms with van der Waals surface area (Å²) in [4.78, 5) is 2.38. The van der Waals surface area contributed by atoms with Crippen LogP contribution in [0.25, 0.3) is 97.4 Å². The standard InChI is InChI=1S/C58H37NOS/c1-2-20-48-38(12-1)13-10-23-49(48)39-28-31-45(32-29-39)59(47-19-9-16-42(36-47)43-30-33-52-51-21-3-5-26-55(51)60-56(52)37-43)46-18-8-15-41(35-46)40-14-7-17-44(34-40)50-24-11-25-54-53-22-4-6-27-57(53)61-58(50)54/h1-37H. The van der Waals surface area contributed by atoms with Gasteiger partial charge in [0, 0.05) is 48.0 Å². The lowest BCUT2D eigenvalue weighted by Gasteiger charge is -2.27. The summed E-state index contributed by atoms with van der Waals surface area (Å²) in [5.74, 6) is 0. The van der Waals surface area contributed by atoms with Crippen molar-refractivity contribution in [3.8, 4) is 44.5 Å². The maximum Gasteiger partial charge on any atom is 0.136 e. The molecule has 61 heavy (non-hydrogen) atoms. The van der Waals surface area contributed by atoms with Crippen LogP contribution in [0.15, 0.2) is 229 Å². The minimum Gasteiger partial charge on any atom is -0.456 e. The van der Waals surface area contributed by atoms with Crippen LogP contribution in [0.5, 0.6) is 0 Å². The SMILES string of the molecule is c1cc(-c2cccc(N(c3ccc(-c4cccc5ccccc45)cc3)c3cccc(-c4ccc5c(c4)oc4ccccc45)c3)c2)cc(-c2cccc3c2sc2ccccc23)c1. The lowest BCUT2D eigenvalue weighted by Crippen LogP contribution is -2.10. The van der Waals surface area contributed by atoms with Gasteiger partial charge in [-0.3, -0.25) is 0 Å². The molecule has 2 aromatic heterocycles. The zero-order chi connectivity index (χ0) is 40.3. The van der Waals surface area contributed by atoms with Gasteiger partial charge < -0.3 is 9.32 Å². The highest BCUT2D eigenvalue weighted by molar-refractivity contribution is 7.26. The third kappa shape index (κ3) is 6.18. The van der Waals surface area contributed by atoms with Crippen molar-refractivity contribution in [3.05, 3.63) is 224 Å². The van der Waals surface area contributed by atoms with Crippen LogP contribution < -0.4 is 4.90 Å².